The number of amides is 2. The Balaban J connectivity index is 1.65. The standard InChI is InChI=1S/C26H33ClN2O3/c1-19-17-23(13-14-24(19)27)32-18-25(30)29(16-15-21-9-5-3-6-10-21)20(2)26(31)28-22-11-7-4-8-12-22/h3,5-6,9-10,13-14,17,20,22H,4,7-8,11-12,15-16,18H2,1-2H3,(H,28,31). The molecule has 0 aromatic heterocycles. The van der Waals surface area contributed by atoms with E-state index in [4.69, 9.17) is 16.3 Å². The zero-order valence-electron chi connectivity index (χ0n) is 19.0. The van der Waals surface area contributed by atoms with E-state index in [2.05, 4.69) is 5.32 Å². The van der Waals surface area contributed by atoms with Crippen molar-refractivity contribution in [2.75, 3.05) is 13.2 Å². The van der Waals surface area contributed by atoms with Crippen LogP contribution in [0.1, 0.15) is 50.2 Å². The van der Waals surface area contributed by atoms with E-state index in [1.165, 1.54) is 6.42 Å². The van der Waals surface area contributed by atoms with Gasteiger partial charge in [-0.2, -0.15) is 0 Å². The zero-order valence-corrected chi connectivity index (χ0v) is 19.7. The highest BCUT2D eigenvalue weighted by Crippen LogP contribution is 2.21. The van der Waals surface area contributed by atoms with E-state index >= 15 is 0 Å². The molecule has 1 unspecified atom stereocenters. The van der Waals surface area contributed by atoms with E-state index in [1.807, 2.05) is 43.3 Å². The maximum absolute atomic E-state index is 13.1. The summed E-state index contributed by atoms with van der Waals surface area (Å²) in [6, 6.07) is 14.9. The van der Waals surface area contributed by atoms with Crippen molar-refractivity contribution in [3.63, 3.8) is 0 Å². The molecule has 1 aliphatic carbocycles. The molecule has 2 amide bonds. The maximum atomic E-state index is 13.1. The van der Waals surface area contributed by atoms with Gasteiger partial charge in [-0.1, -0.05) is 61.2 Å². The first-order chi connectivity index (χ1) is 15.4. The van der Waals surface area contributed by atoms with E-state index in [0.29, 0.717) is 23.7 Å². The van der Waals surface area contributed by atoms with Crippen molar-refractivity contribution in [2.45, 2.75) is 64.5 Å². The third kappa shape index (κ3) is 6.99. The third-order valence-electron chi connectivity index (χ3n) is 6.09. The molecule has 1 atom stereocenters. The fourth-order valence-corrected chi connectivity index (χ4v) is 4.19. The summed E-state index contributed by atoms with van der Waals surface area (Å²) in [6.07, 6.45) is 6.21. The van der Waals surface area contributed by atoms with Crippen LogP contribution in [0, 0.1) is 6.92 Å². The first-order valence-electron chi connectivity index (χ1n) is 11.5. The van der Waals surface area contributed by atoms with Gasteiger partial charge in [0.2, 0.25) is 5.91 Å². The number of carbonyl (C=O) groups excluding carboxylic acids is 2. The highest BCUT2D eigenvalue weighted by Gasteiger charge is 2.28. The van der Waals surface area contributed by atoms with Crippen LogP contribution >= 0.6 is 11.6 Å². The average Bonchev–Trinajstić information content (AvgIpc) is 2.81. The highest BCUT2D eigenvalue weighted by atomic mass is 35.5. The van der Waals surface area contributed by atoms with Crippen molar-refractivity contribution in [2.24, 2.45) is 0 Å². The Morgan fingerprint density at radius 3 is 2.53 bits per heavy atom. The van der Waals surface area contributed by atoms with Crippen LogP contribution in [0.15, 0.2) is 48.5 Å². The summed E-state index contributed by atoms with van der Waals surface area (Å²) in [5, 5.41) is 3.81. The van der Waals surface area contributed by atoms with Gasteiger partial charge in [-0.05, 0) is 62.4 Å². The smallest absolute Gasteiger partial charge is 0.261 e. The van der Waals surface area contributed by atoms with Gasteiger partial charge >= 0.3 is 0 Å². The molecular weight excluding hydrogens is 424 g/mol. The highest BCUT2D eigenvalue weighted by molar-refractivity contribution is 6.31. The average molecular weight is 457 g/mol. The second-order valence-electron chi connectivity index (χ2n) is 8.54. The lowest BCUT2D eigenvalue weighted by Crippen LogP contribution is -2.52. The van der Waals surface area contributed by atoms with Gasteiger partial charge in [0.1, 0.15) is 11.8 Å². The topological polar surface area (TPSA) is 58.6 Å². The Bertz CT molecular complexity index is 897. The van der Waals surface area contributed by atoms with Crippen molar-refractivity contribution in [3.05, 3.63) is 64.7 Å². The molecule has 0 aliphatic heterocycles. The van der Waals surface area contributed by atoms with Gasteiger partial charge < -0.3 is 15.0 Å². The van der Waals surface area contributed by atoms with Crippen LogP contribution in [0.4, 0.5) is 0 Å². The van der Waals surface area contributed by atoms with Crippen LogP contribution in [0.5, 0.6) is 5.75 Å². The molecule has 1 N–H and O–H groups in total. The van der Waals surface area contributed by atoms with Gasteiger partial charge in [-0.3, -0.25) is 9.59 Å². The van der Waals surface area contributed by atoms with E-state index in [9.17, 15) is 9.59 Å². The molecule has 0 heterocycles. The molecule has 1 fully saturated rings. The van der Waals surface area contributed by atoms with E-state index in [0.717, 1.165) is 36.8 Å². The zero-order chi connectivity index (χ0) is 22.9. The molecule has 2 aromatic carbocycles. The number of hydrogen-bond acceptors (Lipinski definition) is 3. The SMILES string of the molecule is Cc1cc(OCC(=O)N(CCc2ccccc2)C(C)C(=O)NC2CCCCC2)ccc1Cl. The molecule has 1 aliphatic rings. The van der Waals surface area contributed by atoms with Crippen LogP contribution in [-0.2, 0) is 16.0 Å². The molecule has 0 radical (unpaired) electrons. The van der Waals surface area contributed by atoms with Gasteiger partial charge in [-0.25, -0.2) is 0 Å². The molecule has 5 nitrogen and oxygen atoms in total. The number of hydrogen-bond donors (Lipinski definition) is 1. The van der Waals surface area contributed by atoms with Crippen molar-refractivity contribution in [1.82, 2.24) is 10.2 Å². The van der Waals surface area contributed by atoms with Crippen molar-refractivity contribution in [3.8, 4) is 5.75 Å². The van der Waals surface area contributed by atoms with Crippen LogP contribution in [0.2, 0.25) is 5.02 Å². The predicted octanol–water partition coefficient (Wildman–Crippen LogP) is 4.94. The summed E-state index contributed by atoms with van der Waals surface area (Å²) in [5.74, 6) is 0.281. The molecule has 0 bridgehead atoms. The molecule has 0 spiro atoms. The normalized spacial score (nSPS) is 15.1. The van der Waals surface area contributed by atoms with Crippen LogP contribution in [-0.4, -0.2) is 41.9 Å². The summed E-state index contributed by atoms with van der Waals surface area (Å²) in [4.78, 5) is 27.7. The van der Waals surface area contributed by atoms with Crippen LogP contribution < -0.4 is 10.1 Å². The maximum Gasteiger partial charge on any atom is 0.261 e. The number of rotatable bonds is 9. The summed E-state index contributed by atoms with van der Waals surface area (Å²) < 4.78 is 5.73. The molecule has 1 saturated carbocycles. The van der Waals surface area contributed by atoms with Gasteiger partial charge in [0.05, 0.1) is 0 Å². The van der Waals surface area contributed by atoms with Crippen molar-refractivity contribution in [1.29, 1.82) is 0 Å². The summed E-state index contributed by atoms with van der Waals surface area (Å²) >= 11 is 6.07. The van der Waals surface area contributed by atoms with E-state index in [1.54, 1.807) is 24.0 Å². The van der Waals surface area contributed by atoms with Crippen molar-refractivity contribution < 1.29 is 14.3 Å². The lowest BCUT2D eigenvalue weighted by molar-refractivity contribution is -0.141. The number of ether oxygens (including phenoxy) is 1. The number of carbonyl (C=O) groups is 2. The Morgan fingerprint density at radius 2 is 1.84 bits per heavy atom. The first kappa shape index (κ1) is 24.1. The number of nitrogens with one attached hydrogen (secondary N) is 1. The Labute approximate surface area is 196 Å². The number of aryl methyl sites for hydroxylation is 1. The Morgan fingerprint density at radius 1 is 1.12 bits per heavy atom. The van der Waals surface area contributed by atoms with Gasteiger partial charge in [0.25, 0.3) is 5.91 Å². The molecule has 0 saturated heterocycles. The molecule has 6 heteroatoms. The van der Waals surface area contributed by atoms with Gasteiger partial charge in [0, 0.05) is 17.6 Å². The van der Waals surface area contributed by atoms with Crippen molar-refractivity contribution >= 4 is 23.4 Å². The fourth-order valence-electron chi connectivity index (χ4n) is 4.07. The van der Waals surface area contributed by atoms with Crippen LogP contribution in [0.25, 0.3) is 0 Å². The second-order valence-corrected chi connectivity index (χ2v) is 8.95. The van der Waals surface area contributed by atoms with E-state index < -0.39 is 6.04 Å². The monoisotopic (exact) mass is 456 g/mol. The quantitative estimate of drug-likeness (QED) is 0.581. The van der Waals surface area contributed by atoms with Crippen LogP contribution in [0.3, 0.4) is 0 Å². The fraction of sp³-hybridized carbons (Fsp3) is 0.462. The minimum Gasteiger partial charge on any atom is -0.484 e. The predicted molar refractivity (Wildman–Crippen MR) is 128 cm³/mol. The third-order valence-corrected chi connectivity index (χ3v) is 6.52. The summed E-state index contributed by atoms with van der Waals surface area (Å²) in [7, 11) is 0. The molecule has 3 rings (SSSR count). The second kappa shape index (κ2) is 11.9. The Kier molecular flexibility index (Phi) is 8.98. The minimum absolute atomic E-state index is 0.0966. The number of nitrogens with zero attached hydrogens (tertiary/aromatic N) is 1. The first-order valence-corrected chi connectivity index (χ1v) is 11.8. The Hall–Kier alpha value is -2.53. The number of benzene rings is 2. The molecule has 2 aromatic rings. The van der Waals surface area contributed by atoms with E-state index in [-0.39, 0.29) is 24.5 Å². The van der Waals surface area contributed by atoms with Gasteiger partial charge in [0.15, 0.2) is 6.61 Å². The van der Waals surface area contributed by atoms with Gasteiger partial charge in [-0.15, -0.1) is 0 Å². The lowest BCUT2D eigenvalue weighted by Gasteiger charge is -2.31. The lowest BCUT2D eigenvalue weighted by atomic mass is 9.95. The molecular formula is C26H33ClN2O3. The summed E-state index contributed by atoms with van der Waals surface area (Å²) in [6.45, 7) is 4.01. The molecule has 32 heavy (non-hydrogen) atoms. The minimum atomic E-state index is -0.566. The largest absolute Gasteiger partial charge is 0.484 e. The number of halogens is 1. The molecule has 172 valence electrons. The summed E-state index contributed by atoms with van der Waals surface area (Å²) in [5.41, 5.74) is 2.01.